The van der Waals surface area contributed by atoms with Crippen LogP contribution in [0.5, 0.6) is 0 Å². The van der Waals surface area contributed by atoms with Crippen LogP contribution in [0.2, 0.25) is 5.02 Å². The molecule has 1 nitrogen and oxygen atoms in total. The van der Waals surface area contributed by atoms with Gasteiger partial charge < -0.3 is 0 Å². The molecule has 0 amide bonds. The first kappa shape index (κ1) is 10.4. The molecule has 0 aromatic heterocycles. The van der Waals surface area contributed by atoms with Crippen molar-refractivity contribution in [2.24, 2.45) is 5.92 Å². The highest BCUT2D eigenvalue weighted by Gasteiger charge is 2.29. The number of fused-ring (bicyclic) bond motifs is 1. The second-order valence-electron chi connectivity index (χ2n) is 3.87. The molecule has 15 heavy (non-hydrogen) atoms. The Morgan fingerprint density at radius 3 is 3.07 bits per heavy atom. The van der Waals surface area contributed by atoms with Gasteiger partial charge in [0.1, 0.15) is 0 Å². The number of ketones is 1. The van der Waals surface area contributed by atoms with Crippen LogP contribution >= 0.6 is 11.6 Å². The first-order valence-corrected chi connectivity index (χ1v) is 5.54. The summed E-state index contributed by atoms with van der Waals surface area (Å²) >= 11 is 5.90. The first-order chi connectivity index (χ1) is 7.22. The summed E-state index contributed by atoms with van der Waals surface area (Å²) in [4.78, 5) is 11.9. The Morgan fingerprint density at radius 1 is 1.53 bits per heavy atom. The zero-order chi connectivity index (χ0) is 10.8. The monoisotopic (exact) mass is 220 g/mol. The van der Waals surface area contributed by atoms with E-state index in [1.165, 1.54) is 0 Å². The largest absolute Gasteiger partial charge is 0.294 e. The maximum absolute atomic E-state index is 11.9. The molecule has 0 radical (unpaired) electrons. The van der Waals surface area contributed by atoms with Crippen LogP contribution in [0.3, 0.4) is 0 Å². The van der Waals surface area contributed by atoms with Gasteiger partial charge in [0.2, 0.25) is 0 Å². The molecule has 1 aromatic rings. The molecule has 1 aliphatic rings. The van der Waals surface area contributed by atoms with Crippen molar-refractivity contribution in [2.75, 3.05) is 0 Å². The summed E-state index contributed by atoms with van der Waals surface area (Å²) in [6, 6.07) is 5.54. The average molecular weight is 221 g/mol. The third-order valence-corrected chi connectivity index (χ3v) is 3.06. The van der Waals surface area contributed by atoms with Gasteiger partial charge in [-0.05, 0) is 43.5 Å². The second kappa shape index (κ2) is 4.19. The fraction of sp³-hybridized carbons (Fsp3) is 0.308. The molecule has 78 valence electrons. The van der Waals surface area contributed by atoms with E-state index in [2.05, 4.69) is 6.08 Å². The molecule has 1 atom stereocenters. The number of benzene rings is 1. The minimum Gasteiger partial charge on any atom is -0.294 e. The summed E-state index contributed by atoms with van der Waals surface area (Å²) in [5.74, 6) is 0.384. The highest BCUT2D eigenvalue weighted by molar-refractivity contribution is 6.30. The zero-order valence-corrected chi connectivity index (χ0v) is 9.42. The predicted octanol–water partition coefficient (Wildman–Crippen LogP) is 3.66. The van der Waals surface area contributed by atoms with Crippen LogP contribution in [0.1, 0.15) is 29.3 Å². The van der Waals surface area contributed by atoms with E-state index in [-0.39, 0.29) is 11.7 Å². The van der Waals surface area contributed by atoms with Gasteiger partial charge >= 0.3 is 0 Å². The molecular formula is C13H13ClO. The molecule has 0 aliphatic heterocycles. The summed E-state index contributed by atoms with van der Waals surface area (Å²) in [6.07, 6.45) is 5.71. The topological polar surface area (TPSA) is 17.1 Å². The van der Waals surface area contributed by atoms with Crippen LogP contribution in [0.15, 0.2) is 30.4 Å². The lowest BCUT2D eigenvalue weighted by atomic mass is 10.0. The van der Waals surface area contributed by atoms with E-state index in [1.54, 1.807) is 6.07 Å². The Kier molecular flexibility index (Phi) is 2.92. The fourth-order valence-corrected chi connectivity index (χ4v) is 2.24. The molecule has 0 saturated carbocycles. The van der Waals surface area contributed by atoms with Crippen LogP contribution in [0, 0.1) is 5.92 Å². The zero-order valence-electron chi connectivity index (χ0n) is 8.66. The number of Topliss-reactive ketones (excluding diaryl/α,β-unsaturated/α-hetero) is 1. The molecule has 0 fully saturated rings. The molecule has 1 aromatic carbocycles. The second-order valence-corrected chi connectivity index (χ2v) is 4.31. The van der Waals surface area contributed by atoms with Gasteiger partial charge in [-0.25, -0.2) is 0 Å². The van der Waals surface area contributed by atoms with Crippen molar-refractivity contribution in [2.45, 2.75) is 19.8 Å². The van der Waals surface area contributed by atoms with Crippen molar-refractivity contribution in [1.82, 2.24) is 0 Å². The molecule has 0 N–H and O–H groups in total. The highest BCUT2D eigenvalue weighted by atomic mass is 35.5. The Bertz CT molecular complexity index is 421. The fourth-order valence-electron chi connectivity index (χ4n) is 2.04. The van der Waals surface area contributed by atoms with E-state index >= 15 is 0 Å². The smallest absolute Gasteiger partial charge is 0.166 e. The molecule has 2 rings (SSSR count). The summed E-state index contributed by atoms with van der Waals surface area (Å²) < 4.78 is 0. The Labute approximate surface area is 94.8 Å². The summed E-state index contributed by atoms with van der Waals surface area (Å²) in [5.41, 5.74) is 1.95. The van der Waals surface area contributed by atoms with E-state index in [0.717, 1.165) is 24.0 Å². The standard InChI is InChI=1S/C13H13ClO/c1-2-3-4-9-7-10-8-11(14)5-6-12(10)13(9)15/h2-3,5-6,8-9H,4,7H2,1H3/b3-2+. The summed E-state index contributed by atoms with van der Waals surface area (Å²) in [5, 5.41) is 0.716. The molecule has 2 heteroatoms. The van der Waals surface area contributed by atoms with Crippen LogP contribution in [0.25, 0.3) is 0 Å². The van der Waals surface area contributed by atoms with Crippen LogP contribution in [-0.4, -0.2) is 5.78 Å². The number of allylic oxidation sites excluding steroid dienone is 2. The molecular weight excluding hydrogens is 208 g/mol. The van der Waals surface area contributed by atoms with Gasteiger partial charge in [0.05, 0.1) is 0 Å². The molecule has 0 saturated heterocycles. The van der Waals surface area contributed by atoms with Crippen LogP contribution < -0.4 is 0 Å². The average Bonchev–Trinajstić information content (AvgIpc) is 2.52. The lowest BCUT2D eigenvalue weighted by molar-refractivity contribution is 0.0938. The maximum Gasteiger partial charge on any atom is 0.166 e. The van der Waals surface area contributed by atoms with E-state index < -0.39 is 0 Å². The molecule has 1 aliphatic carbocycles. The van der Waals surface area contributed by atoms with Gasteiger partial charge in [0.25, 0.3) is 0 Å². The lowest BCUT2D eigenvalue weighted by Crippen LogP contribution is -2.07. The van der Waals surface area contributed by atoms with Crippen molar-refractivity contribution in [3.63, 3.8) is 0 Å². The molecule has 0 bridgehead atoms. The van der Waals surface area contributed by atoms with Crippen LogP contribution in [-0.2, 0) is 6.42 Å². The number of hydrogen-bond acceptors (Lipinski definition) is 1. The minimum atomic E-state index is 0.120. The number of rotatable bonds is 2. The van der Waals surface area contributed by atoms with Crippen molar-refractivity contribution in [3.8, 4) is 0 Å². The van der Waals surface area contributed by atoms with Gasteiger partial charge in [-0.2, -0.15) is 0 Å². The molecule has 0 heterocycles. The summed E-state index contributed by atoms with van der Waals surface area (Å²) in [7, 11) is 0. The van der Waals surface area contributed by atoms with Gasteiger partial charge in [0.15, 0.2) is 5.78 Å². The van der Waals surface area contributed by atoms with Gasteiger partial charge in [-0.1, -0.05) is 23.8 Å². The SMILES string of the molecule is C/C=C/CC1Cc2cc(Cl)ccc2C1=O. The predicted molar refractivity (Wildman–Crippen MR) is 62.4 cm³/mol. The van der Waals surface area contributed by atoms with E-state index in [4.69, 9.17) is 11.6 Å². The van der Waals surface area contributed by atoms with Crippen molar-refractivity contribution < 1.29 is 4.79 Å². The van der Waals surface area contributed by atoms with E-state index in [1.807, 2.05) is 25.1 Å². The molecule has 0 spiro atoms. The van der Waals surface area contributed by atoms with E-state index in [9.17, 15) is 4.79 Å². The van der Waals surface area contributed by atoms with Gasteiger partial charge in [0, 0.05) is 16.5 Å². The van der Waals surface area contributed by atoms with Gasteiger partial charge in [-0.15, -0.1) is 0 Å². The Morgan fingerprint density at radius 2 is 2.33 bits per heavy atom. The minimum absolute atomic E-state index is 0.120. The van der Waals surface area contributed by atoms with Gasteiger partial charge in [-0.3, -0.25) is 4.79 Å². The maximum atomic E-state index is 11.9. The number of carbonyl (C=O) groups excluding carboxylic acids is 1. The molecule has 1 unspecified atom stereocenters. The third kappa shape index (κ3) is 1.98. The van der Waals surface area contributed by atoms with Crippen LogP contribution in [0.4, 0.5) is 0 Å². The highest BCUT2D eigenvalue weighted by Crippen LogP contribution is 2.30. The summed E-state index contributed by atoms with van der Waals surface area (Å²) in [6.45, 7) is 1.98. The lowest BCUT2D eigenvalue weighted by Gasteiger charge is -2.01. The number of halogens is 1. The Balaban J connectivity index is 2.25. The Hall–Kier alpha value is -1.08. The normalized spacial score (nSPS) is 19.9. The number of hydrogen-bond donors (Lipinski definition) is 0. The van der Waals surface area contributed by atoms with Crippen molar-refractivity contribution >= 4 is 17.4 Å². The van der Waals surface area contributed by atoms with Crippen molar-refractivity contribution in [3.05, 3.63) is 46.5 Å². The van der Waals surface area contributed by atoms with Crippen molar-refractivity contribution in [1.29, 1.82) is 0 Å². The first-order valence-electron chi connectivity index (χ1n) is 5.16. The number of carbonyl (C=O) groups is 1. The third-order valence-electron chi connectivity index (χ3n) is 2.83. The quantitative estimate of drug-likeness (QED) is 0.696. The van der Waals surface area contributed by atoms with E-state index in [0.29, 0.717) is 5.02 Å².